The van der Waals surface area contributed by atoms with Gasteiger partial charge >= 0.3 is 0 Å². The Bertz CT molecular complexity index is 1060. The maximum absolute atomic E-state index is 12.7. The van der Waals surface area contributed by atoms with E-state index >= 15 is 0 Å². The van der Waals surface area contributed by atoms with Gasteiger partial charge in [-0.25, -0.2) is 9.97 Å². The summed E-state index contributed by atoms with van der Waals surface area (Å²) in [7, 11) is 1.90. The van der Waals surface area contributed by atoms with Crippen molar-refractivity contribution in [2.75, 3.05) is 55.0 Å². The number of aromatic nitrogens is 2. The summed E-state index contributed by atoms with van der Waals surface area (Å²) in [6, 6.07) is 7.98. The lowest BCUT2D eigenvalue weighted by atomic mass is 10.2. The summed E-state index contributed by atoms with van der Waals surface area (Å²) in [5, 5.41) is 4.03. The van der Waals surface area contributed by atoms with Crippen molar-refractivity contribution in [3.8, 4) is 0 Å². The van der Waals surface area contributed by atoms with E-state index in [-0.39, 0.29) is 12.5 Å². The highest BCUT2D eigenvalue weighted by Crippen LogP contribution is 2.34. The first-order chi connectivity index (χ1) is 14.4. The molecule has 1 aliphatic rings. The largest absolute Gasteiger partial charge is 0.378 e. The fraction of sp³-hybridized carbons (Fsp3) is 0.409. The number of nitrogens with one attached hydrogen (secondary N) is 1. The van der Waals surface area contributed by atoms with Gasteiger partial charge in [-0.3, -0.25) is 4.79 Å². The minimum absolute atomic E-state index is 0.0781. The molecular weight excluding hydrogens is 398 g/mol. The molecule has 7 nitrogen and oxygen atoms in total. The van der Waals surface area contributed by atoms with Gasteiger partial charge in [0.05, 0.1) is 25.1 Å². The molecule has 1 N–H and O–H groups in total. The van der Waals surface area contributed by atoms with Crippen molar-refractivity contribution in [1.82, 2.24) is 9.97 Å². The number of morpholine rings is 1. The van der Waals surface area contributed by atoms with E-state index in [1.165, 1.54) is 10.4 Å². The van der Waals surface area contributed by atoms with Crippen LogP contribution in [0.3, 0.4) is 0 Å². The van der Waals surface area contributed by atoms with E-state index in [1.807, 2.05) is 43.1 Å². The number of hydrogen-bond donors (Lipinski definition) is 1. The average Bonchev–Trinajstić information content (AvgIpc) is 3.01. The second-order valence-corrected chi connectivity index (χ2v) is 8.81. The van der Waals surface area contributed by atoms with E-state index < -0.39 is 0 Å². The number of aryl methyl sites for hydroxylation is 3. The van der Waals surface area contributed by atoms with Gasteiger partial charge in [0.2, 0.25) is 5.91 Å². The minimum atomic E-state index is -0.0781. The summed E-state index contributed by atoms with van der Waals surface area (Å²) in [4.78, 5) is 28.2. The fourth-order valence-corrected chi connectivity index (χ4v) is 4.75. The molecule has 0 aliphatic carbocycles. The number of amides is 1. The van der Waals surface area contributed by atoms with Crippen molar-refractivity contribution >= 4 is 44.7 Å². The molecule has 30 heavy (non-hydrogen) atoms. The van der Waals surface area contributed by atoms with Gasteiger partial charge in [0.15, 0.2) is 0 Å². The van der Waals surface area contributed by atoms with Crippen molar-refractivity contribution in [1.29, 1.82) is 0 Å². The lowest BCUT2D eigenvalue weighted by molar-refractivity contribution is -0.114. The van der Waals surface area contributed by atoms with Crippen LogP contribution in [0.5, 0.6) is 0 Å². The molecule has 1 aliphatic heterocycles. The van der Waals surface area contributed by atoms with Crippen LogP contribution in [0, 0.1) is 20.8 Å². The molecule has 8 heteroatoms. The van der Waals surface area contributed by atoms with Crippen molar-refractivity contribution < 1.29 is 9.53 Å². The summed E-state index contributed by atoms with van der Waals surface area (Å²) in [5.41, 5.74) is 3.11. The number of fused-ring (bicyclic) bond motifs is 1. The van der Waals surface area contributed by atoms with E-state index in [0.29, 0.717) is 5.82 Å². The van der Waals surface area contributed by atoms with Gasteiger partial charge in [-0.15, -0.1) is 11.3 Å². The van der Waals surface area contributed by atoms with Gasteiger partial charge in [-0.1, -0.05) is 0 Å². The Kier molecular flexibility index (Phi) is 5.87. The Morgan fingerprint density at radius 2 is 1.87 bits per heavy atom. The Hall–Kier alpha value is -2.71. The summed E-state index contributed by atoms with van der Waals surface area (Å²) >= 11 is 1.67. The Morgan fingerprint density at radius 1 is 1.17 bits per heavy atom. The number of carbonyl (C=O) groups is 1. The molecule has 0 atom stereocenters. The van der Waals surface area contributed by atoms with Gasteiger partial charge in [-0.05, 0) is 50.6 Å². The van der Waals surface area contributed by atoms with Crippen molar-refractivity contribution in [3.05, 3.63) is 40.5 Å². The number of hydrogen-bond acceptors (Lipinski definition) is 7. The summed E-state index contributed by atoms with van der Waals surface area (Å²) in [5.74, 6) is 1.44. The van der Waals surface area contributed by atoms with Crippen molar-refractivity contribution in [2.45, 2.75) is 20.8 Å². The average molecular weight is 426 g/mol. The zero-order chi connectivity index (χ0) is 21.3. The zero-order valence-corrected chi connectivity index (χ0v) is 18.7. The predicted molar refractivity (Wildman–Crippen MR) is 123 cm³/mol. The molecule has 3 aromatic rings. The summed E-state index contributed by atoms with van der Waals surface area (Å²) in [6.45, 7) is 9.57. The van der Waals surface area contributed by atoms with Gasteiger partial charge in [0, 0.05) is 36.4 Å². The monoisotopic (exact) mass is 425 g/mol. The molecule has 1 aromatic carbocycles. The Balaban J connectivity index is 1.45. The third kappa shape index (κ3) is 4.24. The van der Waals surface area contributed by atoms with E-state index in [0.717, 1.165) is 53.7 Å². The summed E-state index contributed by atoms with van der Waals surface area (Å²) in [6.07, 6.45) is 0. The van der Waals surface area contributed by atoms with Crippen molar-refractivity contribution in [3.63, 3.8) is 0 Å². The maximum atomic E-state index is 12.7. The molecule has 0 unspecified atom stereocenters. The van der Waals surface area contributed by atoms with Crippen LogP contribution in [0.2, 0.25) is 0 Å². The Morgan fingerprint density at radius 3 is 2.57 bits per heavy atom. The molecule has 3 heterocycles. The molecule has 4 rings (SSSR count). The molecular formula is C22H27N5O2S. The molecule has 158 valence electrons. The van der Waals surface area contributed by atoms with Crippen LogP contribution in [0.15, 0.2) is 24.3 Å². The van der Waals surface area contributed by atoms with E-state index in [2.05, 4.69) is 34.0 Å². The molecule has 0 bridgehead atoms. The highest BCUT2D eigenvalue weighted by molar-refractivity contribution is 7.18. The van der Waals surface area contributed by atoms with Crippen LogP contribution < -0.4 is 15.1 Å². The summed E-state index contributed by atoms with van der Waals surface area (Å²) < 4.78 is 5.40. The van der Waals surface area contributed by atoms with Gasteiger partial charge < -0.3 is 19.9 Å². The van der Waals surface area contributed by atoms with Crippen LogP contribution in [0.25, 0.3) is 10.2 Å². The standard InChI is InChI=1S/C22H27N5O2S/c1-14-15(2)30-22-20(14)21(23-16(3)24-22)26(4)13-19(28)25-17-5-7-18(8-6-17)27-9-11-29-12-10-27/h5-8H,9-13H2,1-4H3,(H,25,28). The number of carbonyl (C=O) groups excluding carboxylic acids is 1. The van der Waals surface area contributed by atoms with E-state index in [4.69, 9.17) is 4.74 Å². The number of ether oxygens (including phenoxy) is 1. The molecule has 0 radical (unpaired) electrons. The predicted octanol–water partition coefficient (Wildman–Crippen LogP) is 3.53. The molecule has 0 saturated carbocycles. The second kappa shape index (κ2) is 8.57. The van der Waals surface area contributed by atoms with Crippen LogP contribution in [-0.4, -0.2) is 55.8 Å². The van der Waals surface area contributed by atoms with Crippen LogP contribution >= 0.6 is 11.3 Å². The Labute approximate surface area is 180 Å². The lowest BCUT2D eigenvalue weighted by Gasteiger charge is -2.29. The molecule has 1 amide bonds. The van der Waals surface area contributed by atoms with Crippen molar-refractivity contribution in [2.24, 2.45) is 0 Å². The number of thiophene rings is 1. The second-order valence-electron chi connectivity index (χ2n) is 7.61. The molecule has 0 spiro atoms. The minimum Gasteiger partial charge on any atom is -0.378 e. The van der Waals surface area contributed by atoms with Gasteiger partial charge in [-0.2, -0.15) is 0 Å². The quantitative estimate of drug-likeness (QED) is 0.674. The smallest absolute Gasteiger partial charge is 0.243 e. The van der Waals surface area contributed by atoms with E-state index in [9.17, 15) is 4.79 Å². The number of nitrogens with zero attached hydrogens (tertiary/aromatic N) is 4. The first kappa shape index (κ1) is 20.6. The SMILES string of the molecule is Cc1nc(N(C)CC(=O)Nc2ccc(N3CCOCC3)cc2)c2c(C)c(C)sc2n1. The topological polar surface area (TPSA) is 70.6 Å². The van der Waals surface area contributed by atoms with Crippen LogP contribution in [0.4, 0.5) is 17.2 Å². The normalized spacial score (nSPS) is 14.2. The van der Waals surface area contributed by atoms with Gasteiger partial charge in [0.25, 0.3) is 0 Å². The lowest BCUT2D eigenvalue weighted by Crippen LogP contribution is -2.36. The first-order valence-electron chi connectivity index (χ1n) is 10.1. The van der Waals surface area contributed by atoms with E-state index in [1.54, 1.807) is 11.3 Å². The highest BCUT2D eigenvalue weighted by Gasteiger charge is 2.18. The third-order valence-corrected chi connectivity index (χ3v) is 6.49. The maximum Gasteiger partial charge on any atom is 0.243 e. The number of benzene rings is 1. The highest BCUT2D eigenvalue weighted by atomic mass is 32.1. The fourth-order valence-electron chi connectivity index (χ4n) is 3.68. The van der Waals surface area contributed by atoms with Crippen LogP contribution in [0.1, 0.15) is 16.3 Å². The number of anilines is 3. The van der Waals surface area contributed by atoms with Crippen LogP contribution in [-0.2, 0) is 9.53 Å². The zero-order valence-electron chi connectivity index (χ0n) is 17.9. The molecule has 1 fully saturated rings. The molecule has 1 saturated heterocycles. The third-order valence-electron chi connectivity index (χ3n) is 5.39. The number of rotatable bonds is 5. The number of likely N-dealkylation sites (N-methyl/N-ethyl adjacent to an activating group) is 1. The first-order valence-corrected chi connectivity index (χ1v) is 10.9. The molecule has 2 aromatic heterocycles. The van der Waals surface area contributed by atoms with Gasteiger partial charge in [0.1, 0.15) is 16.5 Å².